The number of pyridine rings is 2. The highest BCUT2D eigenvalue weighted by Gasteiger charge is 2.26. The lowest BCUT2D eigenvalue weighted by molar-refractivity contribution is 0.414. The van der Waals surface area contributed by atoms with Crippen molar-refractivity contribution in [2.75, 3.05) is 26.6 Å². The Morgan fingerprint density at radius 3 is 2.27 bits per heavy atom. The second-order valence-corrected chi connectivity index (χ2v) is 12.1. The van der Waals surface area contributed by atoms with Crippen LogP contribution >= 0.6 is 11.6 Å². The molecule has 3 aromatic carbocycles. The maximum Gasteiger partial charge on any atom is 0.158 e. The van der Waals surface area contributed by atoms with Crippen molar-refractivity contribution in [3.8, 4) is 17.2 Å². The first kappa shape index (κ1) is 30.5. The van der Waals surface area contributed by atoms with E-state index in [2.05, 4.69) is 41.9 Å². The summed E-state index contributed by atoms with van der Waals surface area (Å²) in [6.07, 6.45) is 6.26. The van der Waals surface area contributed by atoms with Crippen LogP contribution in [-0.4, -0.2) is 61.5 Å². The number of hydrogen-bond acceptors (Lipinski definition) is 9. The lowest BCUT2D eigenvalue weighted by atomic mass is 10.1. The van der Waals surface area contributed by atoms with E-state index in [9.17, 15) is 0 Å². The SMILES string of the molecule is COc1ccc(Cn2cc3c(n2)c(Cl)nc2cccc(OC)c23)cc1.COc1cccc2nc(Nc3cc(C4CC4)[nH]n3)c3[nH]ncc3c12. The first-order chi connectivity index (χ1) is 24.0. The number of ether oxygens (including phenoxy) is 3. The van der Waals surface area contributed by atoms with E-state index in [-0.39, 0.29) is 0 Å². The molecule has 5 heterocycles. The Morgan fingerprint density at radius 2 is 1.57 bits per heavy atom. The van der Waals surface area contributed by atoms with E-state index in [1.807, 2.05) is 71.5 Å². The van der Waals surface area contributed by atoms with Gasteiger partial charge in [-0.1, -0.05) is 35.9 Å². The van der Waals surface area contributed by atoms with Crippen LogP contribution in [0.5, 0.6) is 17.2 Å². The standard InChI is InChI=1S/C19H16ClN3O2.C17H16N6O/c1-24-13-8-6-12(7-9-13)10-23-11-14-17-15(4-3-5-16(17)25-2)21-19(20)18(14)22-23;1-24-13-4-2-3-11-15(13)10-8-18-23-16(10)17(19-11)20-14-7-12(21-22-14)9-5-6-9/h3-9,11H,10H2,1-2H3;2-4,7-9H,5-6H2,1H3,(H,18,23)(H2,19,20,21,22). The normalized spacial score (nSPS) is 12.7. The van der Waals surface area contributed by atoms with Crippen LogP contribution in [0, 0.1) is 0 Å². The lowest BCUT2D eigenvalue weighted by Gasteiger charge is -2.09. The molecule has 246 valence electrons. The van der Waals surface area contributed by atoms with Crippen molar-refractivity contribution in [3.05, 3.63) is 95.5 Å². The Morgan fingerprint density at radius 1 is 0.857 bits per heavy atom. The Hall–Kier alpha value is -5.88. The first-order valence-corrected chi connectivity index (χ1v) is 16.1. The number of rotatable bonds is 8. The second kappa shape index (κ2) is 12.6. The number of H-pyrrole nitrogens is 2. The van der Waals surface area contributed by atoms with E-state index in [0.717, 1.165) is 66.7 Å². The summed E-state index contributed by atoms with van der Waals surface area (Å²) in [5.41, 5.74) is 5.45. The van der Waals surface area contributed by atoms with E-state index in [4.69, 9.17) is 30.8 Å². The molecule has 3 N–H and O–H groups in total. The molecular weight excluding hydrogens is 642 g/mol. The molecule has 0 spiro atoms. The summed E-state index contributed by atoms with van der Waals surface area (Å²) >= 11 is 6.34. The fourth-order valence-electron chi connectivity index (χ4n) is 6.07. The third-order valence-corrected chi connectivity index (χ3v) is 8.90. The van der Waals surface area contributed by atoms with Gasteiger partial charge in [0, 0.05) is 34.6 Å². The molecule has 8 aromatic rings. The van der Waals surface area contributed by atoms with Gasteiger partial charge >= 0.3 is 0 Å². The van der Waals surface area contributed by atoms with Gasteiger partial charge in [0.2, 0.25) is 0 Å². The fourth-order valence-corrected chi connectivity index (χ4v) is 6.30. The zero-order chi connectivity index (χ0) is 33.5. The summed E-state index contributed by atoms with van der Waals surface area (Å²) in [4.78, 5) is 9.18. The maximum atomic E-state index is 6.34. The Bertz CT molecular complexity index is 2450. The van der Waals surface area contributed by atoms with Crippen LogP contribution < -0.4 is 19.5 Å². The molecule has 1 aliphatic rings. The molecule has 0 saturated heterocycles. The number of aromatic nitrogens is 8. The molecule has 0 aliphatic heterocycles. The molecule has 0 bridgehead atoms. The number of hydrogen-bond donors (Lipinski definition) is 3. The van der Waals surface area contributed by atoms with Gasteiger partial charge < -0.3 is 19.5 Å². The summed E-state index contributed by atoms with van der Waals surface area (Å²) in [5.74, 6) is 4.48. The van der Waals surface area contributed by atoms with Crippen molar-refractivity contribution >= 4 is 66.8 Å². The van der Waals surface area contributed by atoms with E-state index >= 15 is 0 Å². The molecule has 12 nitrogen and oxygen atoms in total. The highest BCUT2D eigenvalue weighted by atomic mass is 35.5. The number of nitrogens with one attached hydrogen (secondary N) is 3. The maximum absolute atomic E-state index is 6.34. The van der Waals surface area contributed by atoms with Crippen molar-refractivity contribution in [1.82, 2.24) is 40.1 Å². The van der Waals surface area contributed by atoms with Gasteiger partial charge in [0.05, 0.1) is 55.9 Å². The summed E-state index contributed by atoms with van der Waals surface area (Å²) in [5, 5.41) is 26.7. The summed E-state index contributed by atoms with van der Waals surface area (Å²) in [6, 6.07) is 21.5. The number of fused-ring (bicyclic) bond motifs is 6. The molecular formula is C36H32ClN9O3. The minimum atomic E-state index is 0.393. The second-order valence-electron chi connectivity index (χ2n) is 11.8. The lowest BCUT2D eigenvalue weighted by Crippen LogP contribution is -1.99. The highest BCUT2D eigenvalue weighted by Crippen LogP contribution is 2.40. The average Bonchev–Trinajstić information content (AvgIpc) is 3.47. The zero-order valence-electron chi connectivity index (χ0n) is 27.0. The number of aromatic amines is 2. The van der Waals surface area contributed by atoms with Gasteiger partial charge in [-0.15, -0.1) is 0 Å². The first-order valence-electron chi connectivity index (χ1n) is 15.8. The van der Waals surface area contributed by atoms with Gasteiger partial charge in [-0.2, -0.15) is 15.3 Å². The highest BCUT2D eigenvalue weighted by molar-refractivity contribution is 6.35. The number of nitrogens with zero attached hydrogens (tertiary/aromatic N) is 6. The van der Waals surface area contributed by atoms with Gasteiger partial charge in [0.1, 0.15) is 28.3 Å². The molecule has 0 atom stereocenters. The molecule has 0 unspecified atom stereocenters. The van der Waals surface area contributed by atoms with Crippen LogP contribution in [0.2, 0.25) is 5.15 Å². The van der Waals surface area contributed by atoms with Crippen molar-refractivity contribution in [3.63, 3.8) is 0 Å². The topological polar surface area (TPSA) is 141 Å². The quantitative estimate of drug-likeness (QED) is 0.138. The zero-order valence-corrected chi connectivity index (χ0v) is 27.7. The Balaban J connectivity index is 0.000000142. The van der Waals surface area contributed by atoms with E-state index < -0.39 is 0 Å². The van der Waals surface area contributed by atoms with E-state index in [1.54, 1.807) is 27.5 Å². The van der Waals surface area contributed by atoms with Crippen LogP contribution in [-0.2, 0) is 6.54 Å². The van der Waals surface area contributed by atoms with Gasteiger partial charge in [0.15, 0.2) is 16.8 Å². The minimum absolute atomic E-state index is 0.393. The Kier molecular flexibility index (Phi) is 7.84. The van der Waals surface area contributed by atoms with E-state index in [0.29, 0.717) is 29.0 Å². The molecule has 1 aliphatic carbocycles. The van der Waals surface area contributed by atoms with Crippen molar-refractivity contribution in [2.45, 2.75) is 25.3 Å². The molecule has 1 fully saturated rings. The molecule has 9 rings (SSSR count). The van der Waals surface area contributed by atoms with E-state index in [1.165, 1.54) is 18.5 Å². The van der Waals surface area contributed by atoms with Gasteiger partial charge in [-0.05, 0) is 54.8 Å². The molecule has 5 aromatic heterocycles. The average molecular weight is 674 g/mol. The largest absolute Gasteiger partial charge is 0.497 e. The summed E-state index contributed by atoms with van der Waals surface area (Å²) in [7, 11) is 4.97. The van der Waals surface area contributed by atoms with Gasteiger partial charge in [0.25, 0.3) is 0 Å². The minimum Gasteiger partial charge on any atom is -0.497 e. The van der Waals surface area contributed by atoms with Gasteiger partial charge in [-0.25, -0.2) is 9.97 Å². The van der Waals surface area contributed by atoms with Crippen LogP contribution in [0.4, 0.5) is 11.6 Å². The number of methoxy groups -OCH3 is 3. The summed E-state index contributed by atoms with van der Waals surface area (Å²) in [6.45, 7) is 0.631. The van der Waals surface area contributed by atoms with Gasteiger partial charge in [-0.3, -0.25) is 14.9 Å². The predicted molar refractivity (Wildman–Crippen MR) is 190 cm³/mol. The van der Waals surface area contributed by atoms with Crippen molar-refractivity contribution < 1.29 is 14.2 Å². The summed E-state index contributed by atoms with van der Waals surface area (Å²) < 4.78 is 18.0. The van der Waals surface area contributed by atoms with Crippen LogP contribution in [0.3, 0.4) is 0 Å². The number of halogens is 1. The van der Waals surface area contributed by atoms with Crippen LogP contribution in [0.25, 0.3) is 43.6 Å². The monoisotopic (exact) mass is 673 g/mol. The predicted octanol–water partition coefficient (Wildman–Crippen LogP) is 7.77. The smallest absolute Gasteiger partial charge is 0.158 e. The molecule has 49 heavy (non-hydrogen) atoms. The third-order valence-electron chi connectivity index (χ3n) is 8.64. The van der Waals surface area contributed by atoms with Crippen LogP contribution in [0.15, 0.2) is 79.1 Å². The molecule has 13 heteroatoms. The Labute approximate surface area is 285 Å². The van der Waals surface area contributed by atoms with Crippen molar-refractivity contribution in [1.29, 1.82) is 0 Å². The molecule has 0 amide bonds. The van der Waals surface area contributed by atoms with Crippen LogP contribution in [0.1, 0.15) is 30.0 Å². The number of anilines is 2. The molecule has 1 saturated carbocycles. The molecule has 0 radical (unpaired) electrons. The fraction of sp³-hybridized carbons (Fsp3) is 0.194. The van der Waals surface area contributed by atoms with Crippen molar-refractivity contribution in [2.24, 2.45) is 0 Å². The number of benzene rings is 3. The third kappa shape index (κ3) is 5.80.